The highest BCUT2D eigenvalue weighted by molar-refractivity contribution is 7.90. The summed E-state index contributed by atoms with van der Waals surface area (Å²) in [6.07, 6.45) is -0.813. The normalized spacial score (nSPS) is 20.2. The molecule has 0 radical (unpaired) electrons. The Morgan fingerprint density at radius 3 is 2.64 bits per heavy atom. The van der Waals surface area contributed by atoms with Gasteiger partial charge in [-0.2, -0.15) is 8.42 Å². The van der Waals surface area contributed by atoms with E-state index in [1.54, 1.807) is 30.3 Å². The van der Waals surface area contributed by atoms with Crippen molar-refractivity contribution in [3.63, 3.8) is 0 Å². The van der Waals surface area contributed by atoms with Crippen molar-refractivity contribution in [3.05, 3.63) is 35.9 Å². The van der Waals surface area contributed by atoms with Gasteiger partial charge >= 0.3 is 24.0 Å². The first kappa shape index (κ1) is 19.3. The number of benzene rings is 1. The van der Waals surface area contributed by atoms with Gasteiger partial charge in [-0.15, -0.1) is 4.49 Å². The maximum atomic E-state index is 12.1. The number of ether oxygens (including phenoxy) is 1. The first-order chi connectivity index (χ1) is 11.6. The fourth-order valence-electron chi connectivity index (χ4n) is 2.22. The van der Waals surface area contributed by atoms with E-state index < -0.39 is 35.9 Å². The Bertz CT molecular complexity index is 801. The third-order valence-corrected chi connectivity index (χ3v) is 6.38. The summed E-state index contributed by atoms with van der Waals surface area (Å²) in [6, 6.07) is 7.79. The molecule has 11 nitrogen and oxygen atoms in total. The number of hydrogen-bond donors (Lipinski definition) is 4. The van der Waals surface area contributed by atoms with Crippen LogP contribution in [0.25, 0.3) is 0 Å². The number of carbonyl (C=O) groups is 2. The summed E-state index contributed by atoms with van der Waals surface area (Å²) in [6.45, 7) is -0.171. The zero-order valence-electron chi connectivity index (χ0n) is 12.9. The molecule has 2 unspecified atom stereocenters. The molecule has 0 aromatic heterocycles. The van der Waals surface area contributed by atoms with Crippen molar-refractivity contribution in [1.82, 2.24) is 14.5 Å². The third-order valence-electron chi connectivity index (χ3n) is 3.29. The highest BCUT2D eigenvalue weighted by atomic mass is 32.2. The van der Waals surface area contributed by atoms with Crippen molar-refractivity contribution in [1.29, 1.82) is 0 Å². The summed E-state index contributed by atoms with van der Waals surface area (Å²) in [4.78, 5) is 23.9. The molecule has 1 aromatic rings. The Labute approximate surface area is 143 Å². The molecule has 25 heavy (non-hydrogen) atoms. The second-order valence-corrected chi connectivity index (χ2v) is 8.61. The molecular weight excluding hydrogens is 375 g/mol. The summed E-state index contributed by atoms with van der Waals surface area (Å²) >= 11 is 0. The smallest absolute Gasteiger partial charge is 0.408 e. The predicted molar refractivity (Wildman–Crippen MR) is 86.4 cm³/mol. The number of carbonyl (C=O) groups excluding carboxylic acids is 2. The highest BCUT2D eigenvalue weighted by Gasteiger charge is 2.43. The van der Waals surface area contributed by atoms with Gasteiger partial charge in [-0.05, 0) is 12.0 Å². The van der Waals surface area contributed by atoms with Crippen LogP contribution in [0.15, 0.2) is 30.3 Å². The molecule has 1 fully saturated rings. The Morgan fingerprint density at radius 2 is 2.04 bits per heavy atom. The van der Waals surface area contributed by atoms with E-state index in [0.29, 0.717) is 4.67 Å². The van der Waals surface area contributed by atoms with Crippen LogP contribution in [0.5, 0.6) is 0 Å². The third kappa shape index (κ3) is 5.51. The number of amides is 2. The van der Waals surface area contributed by atoms with Crippen molar-refractivity contribution in [2.45, 2.75) is 19.1 Å². The number of hydrogen-bond acceptors (Lipinski definition) is 6. The largest absolute Gasteiger partial charge is 0.445 e. The molecule has 1 aliphatic rings. The first-order valence-electron chi connectivity index (χ1n) is 7.03. The van der Waals surface area contributed by atoms with Gasteiger partial charge < -0.3 is 10.1 Å². The molecule has 1 aliphatic heterocycles. The Kier molecular flexibility index (Phi) is 5.80. The fraction of sp³-hybridized carbons (Fsp3) is 0.333. The van der Waals surface area contributed by atoms with Crippen LogP contribution in [0.4, 0.5) is 4.79 Å². The minimum absolute atomic E-state index is 0.00298. The van der Waals surface area contributed by atoms with Gasteiger partial charge in [-0.25, -0.2) is 4.79 Å². The van der Waals surface area contributed by atoms with E-state index in [4.69, 9.17) is 14.8 Å². The number of nitrogens with zero attached hydrogens (tertiary/aromatic N) is 1. The van der Waals surface area contributed by atoms with E-state index in [2.05, 4.69) is 5.32 Å². The molecule has 138 valence electrons. The lowest BCUT2D eigenvalue weighted by Crippen LogP contribution is -2.43. The number of nitrogens with one attached hydrogen (secondary N) is 2. The lowest BCUT2D eigenvalue weighted by molar-refractivity contribution is -0.125. The molecule has 2 rings (SSSR count). The quantitative estimate of drug-likeness (QED) is 0.387. The SMILES string of the molecule is NP(=O)(NS(=O)(=O)O)N1CCC(NC(=O)OCc2ccccc2)C1=O. The molecule has 0 spiro atoms. The van der Waals surface area contributed by atoms with Crippen molar-refractivity contribution < 1.29 is 31.9 Å². The molecule has 0 aliphatic carbocycles. The number of nitrogens with two attached hydrogens (primary N) is 1. The van der Waals surface area contributed by atoms with Crippen molar-refractivity contribution >= 4 is 29.9 Å². The zero-order valence-corrected chi connectivity index (χ0v) is 14.6. The Morgan fingerprint density at radius 1 is 1.40 bits per heavy atom. The van der Waals surface area contributed by atoms with Crippen LogP contribution in [0.1, 0.15) is 12.0 Å². The van der Waals surface area contributed by atoms with Gasteiger partial charge in [0.05, 0.1) is 0 Å². The summed E-state index contributed by atoms with van der Waals surface area (Å²) in [5, 5.41) is 2.30. The molecule has 13 heteroatoms. The van der Waals surface area contributed by atoms with Gasteiger partial charge in [0.1, 0.15) is 12.6 Å². The van der Waals surface area contributed by atoms with Gasteiger partial charge in [0.25, 0.3) is 5.91 Å². The molecule has 0 saturated carbocycles. The van der Waals surface area contributed by atoms with Gasteiger partial charge in [0, 0.05) is 6.54 Å². The van der Waals surface area contributed by atoms with Gasteiger partial charge in [-0.1, -0.05) is 30.3 Å². The molecule has 0 bridgehead atoms. The topological polar surface area (TPSA) is 168 Å². The molecule has 5 N–H and O–H groups in total. The first-order valence-corrected chi connectivity index (χ1v) is 10.2. The van der Waals surface area contributed by atoms with Gasteiger partial charge in [-0.3, -0.25) is 24.1 Å². The van der Waals surface area contributed by atoms with Crippen LogP contribution in [0.2, 0.25) is 0 Å². The Hall–Kier alpha value is -1.98. The summed E-state index contributed by atoms with van der Waals surface area (Å²) in [7, 11) is -9.22. The van der Waals surface area contributed by atoms with E-state index in [9.17, 15) is 22.6 Å². The van der Waals surface area contributed by atoms with Gasteiger partial charge in [0.2, 0.25) is 0 Å². The van der Waals surface area contributed by atoms with Crippen LogP contribution in [-0.2, 0) is 31.0 Å². The van der Waals surface area contributed by atoms with E-state index in [0.717, 1.165) is 5.56 Å². The number of rotatable bonds is 6. The van der Waals surface area contributed by atoms with Crippen molar-refractivity contribution in [2.75, 3.05) is 6.54 Å². The van der Waals surface area contributed by atoms with Crippen LogP contribution in [0, 0.1) is 0 Å². The number of alkyl carbamates (subject to hydrolysis) is 1. The van der Waals surface area contributed by atoms with E-state index in [1.165, 1.54) is 4.49 Å². The molecule has 2 atom stereocenters. The minimum atomic E-state index is -4.87. The van der Waals surface area contributed by atoms with Crippen molar-refractivity contribution in [2.24, 2.45) is 5.50 Å². The standard InChI is InChI=1S/C12H17N4O7PS/c13-24(19,15-25(20,21)22)16-7-6-10(11(16)17)14-12(18)23-8-9-4-2-1-3-5-9/h1-5,10H,6-8H2,(H,14,18)(H3,13,15,19)(H,20,21,22). The molecule has 1 saturated heterocycles. The van der Waals surface area contributed by atoms with E-state index >= 15 is 0 Å². The predicted octanol–water partition coefficient (Wildman–Crippen LogP) is -0.0271. The average Bonchev–Trinajstić information content (AvgIpc) is 2.86. The zero-order chi connectivity index (χ0) is 18.7. The van der Waals surface area contributed by atoms with Crippen LogP contribution < -0.4 is 15.3 Å². The molecule has 1 aromatic carbocycles. The maximum absolute atomic E-state index is 12.1. The maximum Gasteiger partial charge on any atom is 0.408 e. The lowest BCUT2D eigenvalue weighted by Gasteiger charge is -2.23. The summed E-state index contributed by atoms with van der Waals surface area (Å²) < 4.78 is 49.1. The monoisotopic (exact) mass is 392 g/mol. The average molecular weight is 392 g/mol. The second kappa shape index (κ2) is 7.50. The lowest BCUT2D eigenvalue weighted by atomic mass is 10.2. The van der Waals surface area contributed by atoms with Crippen LogP contribution in [0.3, 0.4) is 0 Å². The highest BCUT2D eigenvalue weighted by Crippen LogP contribution is 2.40. The summed E-state index contributed by atoms with van der Waals surface area (Å²) in [5.41, 5.74) is 6.04. The molecule has 1 heterocycles. The summed E-state index contributed by atoms with van der Waals surface area (Å²) in [5.74, 6) is -0.848. The second-order valence-electron chi connectivity index (χ2n) is 5.20. The van der Waals surface area contributed by atoms with Crippen LogP contribution >= 0.6 is 7.59 Å². The van der Waals surface area contributed by atoms with E-state index in [1.807, 2.05) is 0 Å². The van der Waals surface area contributed by atoms with Gasteiger partial charge in [0.15, 0.2) is 0 Å². The minimum Gasteiger partial charge on any atom is -0.445 e. The van der Waals surface area contributed by atoms with Crippen LogP contribution in [-0.4, -0.2) is 42.2 Å². The molecular formula is C12H17N4O7PS. The van der Waals surface area contributed by atoms with Crippen molar-refractivity contribution in [3.8, 4) is 0 Å². The fourth-order valence-corrected chi connectivity index (χ4v) is 4.78. The molecule has 2 amide bonds. The Balaban J connectivity index is 1.91. The van der Waals surface area contributed by atoms with E-state index in [-0.39, 0.29) is 19.6 Å².